The highest BCUT2D eigenvalue weighted by atomic mass is 32.2. The number of ether oxygens (including phenoxy) is 3. The number of rotatable bonds is 12. The summed E-state index contributed by atoms with van der Waals surface area (Å²) in [5.74, 6) is 1.05. The number of aromatic nitrogens is 2. The van der Waals surface area contributed by atoms with Gasteiger partial charge in [0.15, 0.2) is 11.5 Å². The smallest absolute Gasteiger partial charge is 0.268 e. The molecule has 0 saturated heterocycles. The number of nitrogens with one attached hydrogen (secondary N) is 1. The van der Waals surface area contributed by atoms with Crippen LogP contribution in [-0.4, -0.2) is 50.6 Å². The summed E-state index contributed by atoms with van der Waals surface area (Å²) in [5.41, 5.74) is 1.50. The summed E-state index contributed by atoms with van der Waals surface area (Å²) < 4.78 is 40.1. The van der Waals surface area contributed by atoms with Crippen LogP contribution in [-0.2, 0) is 14.6 Å². The molecule has 3 aromatic rings. The maximum atomic E-state index is 12.5. The summed E-state index contributed by atoms with van der Waals surface area (Å²) in [5, 5.41) is 19.0. The summed E-state index contributed by atoms with van der Waals surface area (Å²) in [7, 11) is -3.55. The highest BCUT2D eigenvalue weighted by molar-refractivity contribution is 7.92. The molecule has 3 rings (SSSR count). The molecule has 10 nitrogen and oxygen atoms in total. The van der Waals surface area contributed by atoms with E-state index in [4.69, 9.17) is 14.2 Å². The first-order chi connectivity index (χ1) is 17.7. The van der Waals surface area contributed by atoms with Gasteiger partial charge in [0.2, 0.25) is 19.3 Å². The molecule has 0 aliphatic heterocycles. The van der Waals surface area contributed by atoms with E-state index in [1.807, 2.05) is 44.2 Å². The molecule has 194 valence electrons. The maximum absolute atomic E-state index is 12.5. The van der Waals surface area contributed by atoms with Crippen LogP contribution in [0.25, 0.3) is 6.08 Å². The molecular weight excluding hydrogens is 516 g/mol. The minimum Gasteiger partial charge on any atom is -0.493 e. The number of nitrogens with zero attached hydrogens (tertiary/aromatic N) is 3. The van der Waals surface area contributed by atoms with Gasteiger partial charge in [-0.1, -0.05) is 35.1 Å². The zero-order valence-electron chi connectivity index (χ0n) is 20.6. The largest absolute Gasteiger partial charge is 0.493 e. The minimum atomic E-state index is -3.55. The Morgan fingerprint density at radius 2 is 1.81 bits per heavy atom. The van der Waals surface area contributed by atoms with E-state index in [0.717, 1.165) is 12.0 Å². The number of nitriles is 1. The summed E-state index contributed by atoms with van der Waals surface area (Å²) in [6, 6.07) is 14.7. The lowest BCUT2D eigenvalue weighted by Gasteiger charge is -2.13. The van der Waals surface area contributed by atoms with E-state index in [0.29, 0.717) is 54.6 Å². The fraction of sp³-hybridized carbons (Fsp3) is 0.280. The number of hydrogen-bond donors (Lipinski definition) is 1. The second-order valence-electron chi connectivity index (χ2n) is 7.77. The Hall–Kier alpha value is -3.95. The molecular formula is C25H26N4O6S2. The Kier molecular flexibility index (Phi) is 9.59. The van der Waals surface area contributed by atoms with Gasteiger partial charge in [-0.25, -0.2) is 8.42 Å². The van der Waals surface area contributed by atoms with E-state index in [1.165, 1.54) is 11.6 Å². The van der Waals surface area contributed by atoms with Crippen molar-refractivity contribution in [3.05, 3.63) is 59.2 Å². The molecule has 0 atom stereocenters. The van der Waals surface area contributed by atoms with Gasteiger partial charge in [-0.15, -0.1) is 10.2 Å². The Labute approximate surface area is 219 Å². The second-order valence-corrected chi connectivity index (χ2v) is 10.9. The van der Waals surface area contributed by atoms with Gasteiger partial charge in [-0.05, 0) is 49.8 Å². The van der Waals surface area contributed by atoms with Crippen molar-refractivity contribution in [3.8, 4) is 23.3 Å². The van der Waals surface area contributed by atoms with Crippen LogP contribution in [0.4, 0.5) is 5.13 Å². The Bertz CT molecular complexity index is 1410. The van der Waals surface area contributed by atoms with Crippen molar-refractivity contribution in [2.45, 2.75) is 24.6 Å². The third kappa shape index (κ3) is 8.30. The lowest BCUT2D eigenvalue weighted by Crippen LogP contribution is -2.13. The van der Waals surface area contributed by atoms with E-state index >= 15 is 0 Å². The predicted molar refractivity (Wildman–Crippen MR) is 140 cm³/mol. The van der Waals surface area contributed by atoms with E-state index in [2.05, 4.69) is 15.5 Å². The van der Waals surface area contributed by atoms with E-state index in [1.54, 1.807) is 18.2 Å². The highest BCUT2D eigenvalue weighted by Gasteiger charge is 2.18. The van der Waals surface area contributed by atoms with Gasteiger partial charge < -0.3 is 14.2 Å². The molecule has 2 aromatic carbocycles. The number of amides is 1. The molecule has 0 radical (unpaired) electrons. The second kappa shape index (κ2) is 12.8. The van der Waals surface area contributed by atoms with Crippen LogP contribution in [0.1, 0.15) is 24.5 Å². The van der Waals surface area contributed by atoms with Crippen LogP contribution in [0.15, 0.2) is 52.4 Å². The Morgan fingerprint density at radius 1 is 1.08 bits per heavy atom. The Morgan fingerprint density at radius 3 is 2.46 bits per heavy atom. The quantitative estimate of drug-likeness (QED) is 0.155. The normalized spacial score (nSPS) is 11.5. The van der Waals surface area contributed by atoms with Crippen molar-refractivity contribution >= 4 is 38.3 Å². The van der Waals surface area contributed by atoms with Gasteiger partial charge >= 0.3 is 0 Å². The van der Waals surface area contributed by atoms with Gasteiger partial charge in [0, 0.05) is 12.7 Å². The highest BCUT2D eigenvalue weighted by Crippen LogP contribution is 2.30. The number of carbonyl (C=O) groups is 1. The topological polar surface area (TPSA) is 140 Å². The van der Waals surface area contributed by atoms with Crippen molar-refractivity contribution in [2.75, 3.05) is 31.4 Å². The lowest BCUT2D eigenvalue weighted by atomic mass is 10.1. The zero-order valence-corrected chi connectivity index (χ0v) is 22.2. The average molecular weight is 543 g/mol. The van der Waals surface area contributed by atoms with Gasteiger partial charge in [0.05, 0.1) is 19.8 Å². The number of sulfone groups is 1. The van der Waals surface area contributed by atoms with Crippen LogP contribution < -0.4 is 19.5 Å². The molecule has 0 saturated carbocycles. The fourth-order valence-corrected chi connectivity index (χ4v) is 4.46. The molecule has 0 spiro atoms. The fourth-order valence-electron chi connectivity index (χ4n) is 2.96. The standard InChI is InChI=1S/C25H26N4O6S2/c1-4-33-22-15-18(8-11-21(22)35-13-5-12-34-20-9-6-17(2)7-10-20)14-19(16-26)23(30)27-24-28-29-25(36-24)37(3,31)32/h6-11,14-15H,4-5,12-13H2,1-3H3,(H,27,28,30)/b19-14-. The third-order valence-corrected chi connectivity index (χ3v) is 7.23. The average Bonchev–Trinajstić information content (AvgIpc) is 3.34. The van der Waals surface area contributed by atoms with Crippen molar-refractivity contribution < 1.29 is 27.4 Å². The van der Waals surface area contributed by atoms with Crippen molar-refractivity contribution in [2.24, 2.45) is 0 Å². The zero-order chi connectivity index (χ0) is 26.8. The molecule has 1 N–H and O–H groups in total. The van der Waals surface area contributed by atoms with E-state index < -0.39 is 15.7 Å². The Balaban J connectivity index is 1.62. The molecule has 1 amide bonds. The summed E-state index contributed by atoms with van der Waals surface area (Å²) in [6.45, 7) is 5.15. The number of carbonyl (C=O) groups excluding carboxylic acids is 1. The first-order valence-electron chi connectivity index (χ1n) is 11.3. The van der Waals surface area contributed by atoms with Crippen molar-refractivity contribution in [1.29, 1.82) is 5.26 Å². The molecule has 0 bridgehead atoms. The predicted octanol–water partition coefficient (Wildman–Crippen LogP) is 4.04. The molecule has 1 aromatic heterocycles. The SMILES string of the molecule is CCOc1cc(/C=C(/C#N)C(=O)Nc2nnc(S(C)(=O)=O)s2)ccc1OCCCOc1ccc(C)cc1. The molecule has 37 heavy (non-hydrogen) atoms. The molecule has 0 aliphatic carbocycles. The molecule has 0 aliphatic rings. The monoisotopic (exact) mass is 542 g/mol. The number of anilines is 1. The van der Waals surface area contributed by atoms with Crippen LogP contribution in [0.5, 0.6) is 17.2 Å². The van der Waals surface area contributed by atoms with Crippen LogP contribution >= 0.6 is 11.3 Å². The first-order valence-corrected chi connectivity index (χ1v) is 14.0. The van der Waals surface area contributed by atoms with Gasteiger partial charge in [0.1, 0.15) is 17.4 Å². The summed E-state index contributed by atoms with van der Waals surface area (Å²) in [4.78, 5) is 12.5. The molecule has 12 heteroatoms. The van der Waals surface area contributed by atoms with Crippen LogP contribution in [0.2, 0.25) is 0 Å². The number of hydrogen-bond acceptors (Lipinski definition) is 10. The molecule has 1 heterocycles. The first kappa shape index (κ1) is 27.6. The molecule has 0 unspecified atom stereocenters. The van der Waals surface area contributed by atoms with Gasteiger partial charge in [-0.2, -0.15) is 5.26 Å². The van der Waals surface area contributed by atoms with Gasteiger partial charge in [-0.3, -0.25) is 10.1 Å². The van der Waals surface area contributed by atoms with Gasteiger partial charge in [0.25, 0.3) is 5.91 Å². The molecule has 0 fully saturated rings. The summed E-state index contributed by atoms with van der Waals surface area (Å²) >= 11 is 0.699. The van der Waals surface area contributed by atoms with Crippen LogP contribution in [0, 0.1) is 18.3 Å². The lowest BCUT2D eigenvalue weighted by molar-refractivity contribution is -0.112. The van der Waals surface area contributed by atoms with E-state index in [9.17, 15) is 18.5 Å². The van der Waals surface area contributed by atoms with E-state index in [-0.39, 0.29) is 15.0 Å². The summed E-state index contributed by atoms with van der Waals surface area (Å²) in [6.07, 6.45) is 3.03. The number of aryl methyl sites for hydroxylation is 1. The van der Waals surface area contributed by atoms with Crippen LogP contribution in [0.3, 0.4) is 0 Å². The number of benzene rings is 2. The minimum absolute atomic E-state index is 0.0308. The maximum Gasteiger partial charge on any atom is 0.268 e. The van der Waals surface area contributed by atoms with Crippen molar-refractivity contribution in [1.82, 2.24) is 10.2 Å². The van der Waals surface area contributed by atoms with Crippen molar-refractivity contribution in [3.63, 3.8) is 0 Å². The third-order valence-electron chi connectivity index (χ3n) is 4.72.